The zero-order chi connectivity index (χ0) is 26.0. The molecule has 4 rings (SSSR count). The van der Waals surface area contributed by atoms with Crippen LogP contribution in [0.4, 0.5) is 0 Å². The molecule has 20 heteroatoms. The molecule has 190 valence electrons. The largest absolute Gasteiger partial charge is 1.00 e. The second-order valence-corrected chi connectivity index (χ2v) is 11.1. The number of benzene rings is 1. The number of β-lactam (4-membered cyclic amide) rings is 1. The molecule has 2 aliphatic heterocycles. The first-order valence-corrected chi connectivity index (χ1v) is 13.4. The molecule has 1 saturated heterocycles. The summed E-state index contributed by atoms with van der Waals surface area (Å²) in [6.45, 7) is 0. The van der Waals surface area contributed by atoms with Gasteiger partial charge in [0.25, 0.3) is 11.8 Å². The molecule has 1 aromatic heterocycles. The summed E-state index contributed by atoms with van der Waals surface area (Å²) in [4.78, 5) is 38.5. The molecule has 1 fully saturated rings. The van der Waals surface area contributed by atoms with Gasteiger partial charge >= 0.3 is 59.1 Å². The van der Waals surface area contributed by atoms with E-state index in [-0.39, 0.29) is 86.9 Å². The number of aromatic amines is 1. The molecule has 0 radical (unpaired) electrons. The van der Waals surface area contributed by atoms with Crippen molar-refractivity contribution in [3.63, 3.8) is 0 Å². The molecule has 3 heterocycles. The Morgan fingerprint density at radius 1 is 1.32 bits per heavy atom. The van der Waals surface area contributed by atoms with Crippen LogP contribution in [0.25, 0.3) is 0 Å². The Labute approximate surface area is 268 Å². The summed E-state index contributed by atoms with van der Waals surface area (Å²) in [7, 11) is -4.83. The summed E-state index contributed by atoms with van der Waals surface area (Å²) in [5.41, 5.74) is -0.713. The van der Waals surface area contributed by atoms with Crippen LogP contribution < -0.4 is 69.5 Å². The first-order valence-electron chi connectivity index (χ1n) is 9.91. The molecule has 1 aromatic carbocycles. The maximum absolute atomic E-state index is 12.9. The van der Waals surface area contributed by atoms with Crippen LogP contribution in [0.3, 0.4) is 0 Å². The maximum Gasteiger partial charge on any atom is 1.00 e. The summed E-state index contributed by atoms with van der Waals surface area (Å²) >= 11 is 1.73. The standard InChI is InChI=1S/C18H17N7O8S3.2Na/c26-14(11(22-30)8-4-2-1-3-5-8)19-12-15(27)25-13(17(28)29)9(6-34-16(12)25)10(7-36(31,32)33)35-18-20-23-24-21-18;;/h1-5,10,12,16,30H,6-7H2,(H,19,26)(H,28,29)(H,31,32,33)(H,20,21,23,24);;/q;2*+1/p-2/t10?,12-,16+;;/m1../s1. The second-order valence-electron chi connectivity index (χ2n) is 7.36. The van der Waals surface area contributed by atoms with Crippen molar-refractivity contribution in [3.8, 4) is 0 Å². The molecule has 0 bridgehead atoms. The minimum Gasteiger partial charge on any atom is -0.748 e. The van der Waals surface area contributed by atoms with Gasteiger partial charge in [-0.3, -0.25) is 14.5 Å². The predicted octanol–water partition coefficient (Wildman–Crippen LogP) is -8.50. The average molecular weight is 600 g/mol. The van der Waals surface area contributed by atoms with Gasteiger partial charge in [-0.2, -0.15) is 5.21 Å². The number of oxime groups is 1. The van der Waals surface area contributed by atoms with Crippen LogP contribution in [0.15, 0.2) is 51.9 Å². The molecule has 0 aliphatic carbocycles. The van der Waals surface area contributed by atoms with Gasteiger partial charge in [0.2, 0.25) is 5.16 Å². The first-order chi connectivity index (χ1) is 17.1. The third kappa shape index (κ3) is 7.18. The topological polar surface area (TPSA) is 234 Å². The average Bonchev–Trinajstić information content (AvgIpc) is 3.34. The van der Waals surface area contributed by atoms with Crippen LogP contribution in [0.1, 0.15) is 5.56 Å². The zero-order valence-electron chi connectivity index (χ0n) is 19.8. The van der Waals surface area contributed by atoms with Crippen LogP contribution in [0, 0.1) is 0 Å². The van der Waals surface area contributed by atoms with E-state index in [0.29, 0.717) is 11.8 Å². The van der Waals surface area contributed by atoms with Gasteiger partial charge in [-0.25, -0.2) is 8.42 Å². The summed E-state index contributed by atoms with van der Waals surface area (Å²) in [5.74, 6) is -4.54. The number of nitrogens with one attached hydrogen (secondary N) is 2. The molecule has 2 aliphatic rings. The van der Waals surface area contributed by atoms with Crippen molar-refractivity contribution < 1.29 is 96.8 Å². The Balaban J connectivity index is 0.00000253. The molecule has 3 N–H and O–H groups in total. The molecule has 38 heavy (non-hydrogen) atoms. The van der Waals surface area contributed by atoms with Gasteiger partial charge in [-0.1, -0.05) is 47.2 Å². The van der Waals surface area contributed by atoms with E-state index in [4.69, 9.17) is 0 Å². The number of thioether (sulfide) groups is 2. The van der Waals surface area contributed by atoms with Gasteiger partial charge in [0.05, 0.1) is 27.5 Å². The van der Waals surface area contributed by atoms with E-state index in [1.54, 1.807) is 18.2 Å². The molecule has 1 unspecified atom stereocenters. The number of hydrogen-bond acceptors (Lipinski definition) is 14. The smallest absolute Gasteiger partial charge is 0.748 e. The number of nitrogens with zero attached hydrogens (tertiary/aromatic N) is 5. The molecule has 2 aromatic rings. The third-order valence-corrected chi connectivity index (χ3v) is 8.53. The molecule has 15 nitrogen and oxygen atoms in total. The second kappa shape index (κ2) is 13.7. The van der Waals surface area contributed by atoms with Crippen LogP contribution in [-0.4, -0.2) is 95.4 Å². The summed E-state index contributed by atoms with van der Waals surface area (Å²) in [5, 5.41) is 37.5. The molecule has 2 amide bonds. The normalized spacial score (nSPS) is 19.9. The number of tetrazole rings is 1. The Morgan fingerprint density at radius 3 is 2.55 bits per heavy atom. The number of aromatic nitrogens is 4. The van der Waals surface area contributed by atoms with Crippen molar-refractivity contribution in [3.05, 3.63) is 47.2 Å². The quantitative estimate of drug-likeness (QED) is 0.0463. The predicted molar refractivity (Wildman–Crippen MR) is 120 cm³/mol. The van der Waals surface area contributed by atoms with Gasteiger partial charge in [-0.15, -0.1) is 22.0 Å². The Morgan fingerprint density at radius 2 is 2.00 bits per heavy atom. The Kier molecular flexibility index (Phi) is 11.8. The number of hydrogen-bond donors (Lipinski definition) is 3. The number of rotatable bonds is 9. The van der Waals surface area contributed by atoms with Crippen molar-refractivity contribution in [1.82, 2.24) is 30.8 Å². The molecule has 0 spiro atoms. The third-order valence-electron chi connectivity index (χ3n) is 5.16. The number of carboxylic acid groups (broad SMARTS) is 1. The summed E-state index contributed by atoms with van der Waals surface area (Å²) in [6, 6.07) is 6.80. The molecule has 3 atom stereocenters. The molecular weight excluding hydrogens is 584 g/mol. The zero-order valence-corrected chi connectivity index (χ0v) is 26.2. The van der Waals surface area contributed by atoms with Crippen LogP contribution in [0.5, 0.6) is 0 Å². The SMILES string of the molecule is O=C([O-])C1=C(C(CS(=O)(=O)[O-])Sc2nn[nH]n2)CS[C@H]2[C@H](NC(=O)C(=NO)c3ccccc3)C(=O)N12.[Na+].[Na+]. The first kappa shape index (κ1) is 32.7. The number of H-pyrrole nitrogens is 1. The number of amides is 2. The van der Waals surface area contributed by atoms with Gasteiger partial charge in [0.1, 0.15) is 11.4 Å². The van der Waals surface area contributed by atoms with Gasteiger partial charge in [0, 0.05) is 16.6 Å². The van der Waals surface area contributed by atoms with Crippen LogP contribution in [-0.2, 0) is 24.5 Å². The van der Waals surface area contributed by atoms with E-state index in [9.17, 15) is 37.7 Å². The van der Waals surface area contributed by atoms with Crippen molar-refractivity contribution in [2.45, 2.75) is 21.8 Å². The van der Waals surface area contributed by atoms with Crippen LogP contribution >= 0.6 is 23.5 Å². The van der Waals surface area contributed by atoms with Gasteiger partial charge in [0.15, 0.2) is 5.71 Å². The minimum absolute atomic E-state index is 0. The Hall–Kier alpha value is -1.48. The number of carbonyl (C=O) groups excluding carboxylic acids is 3. The van der Waals surface area contributed by atoms with Crippen molar-refractivity contribution in [2.75, 3.05) is 11.5 Å². The summed E-state index contributed by atoms with van der Waals surface area (Å²) in [6.07, 6.45) is 0. The summed E-state index contributed by atoms with van der Waals surface area (Å²) < 4.78 is 34.5. The van der Waals surface area contributed by atoms with Crippen molar-refractivity contribution in [1.29, 1.82) is 0 Å². The molecule has 0 saturated carbocycles. The maximum atomic E-state index is 12.9. The fourth-order valence-corrected chi connectivity index (χ4v) is 7.29. The number of carbonyl (C=O) groups is 3. The van der Waals surface area contributed by atoms with E-state index < -0.39 is 56.0 Å². The number of carboxylic acids is 1. The van der Waals surface area contributed by atoms with E-state index in [2.05, 4.69) is 31.1 Å². The van der Waals surface area contributed by atoms with E-state index in [0.717, 1.165) is 16.7 Å². The Bertz CT molecular complexity index is 1360. The van der Waals surface area contributed by atoms with Crippen LogP contribution in [0.2, 0.25) is 0 Å². The number of aliphatic carboxylic acids is 1. The van der Waals surface area contributed by atoms with Gasteiger partial charge in [-0.05, 0) is 10.8 Å². The van der Waals surface area contributed by atoms with Gasteiger partial charge < -0.3 is 25.0 Å². The minimum atomic E-state index is -4.83. The van der Waals surface area contributed by atoms with Crippen molar-refractivity contribution >= 4 is 57.1 Å². The van der Waals surface area contributed by atoms with Crippen molar-refractivity contribution in [2.24, 2.45) is 5.16 Å². The molecular formula is C18H15N7Na2O8S3. The van der Waals surface area contributed by atoms with E-state index in [1.807, 2.05) is 0 Å². The van der Waals surface area contributed by atoms with E-state index in [1.165, 1.54) is 12.1 Å². The monoisotopic (exact) mass is 599 g/mol. The number of fused-ring (bicyclic) bond motifs is 1. The van der Waals surface area contributed by atoms with E-state index >= 15 is 0 Å². The fourth-order valence-electron chi connectivity index (χ4n) is 3.64. The fraction of sp³-hybridized carbons (Fsp3) is 0.278.